The van der Waals surface area contributed by atoms with Crippen LogP contribution in [0, 0.1) is 5.92 Å². The molecular weight excluding hydrogens is 314 g/mol. The van der Waals surface area contributed by atoms with Gasteiger partial charge in [0.2, 0.25) is 5.92 Å². The number of hydrogen-bond donors (Lipinski definition) is 1. The minimum absolute atomic E-state index is 0.0175. The smallest absolute Gasteiger partial charge is 0.248 e. The molecule has 1 aliphatic carbocycles. The lowest BCUT2D eigenvalue weighted by atomic mass is 9.80. The van der Waals surface area contributed by atoms with E-state index in [0.29, 0.717) is 18.8 Å². The Balaban J connectivity index is 1.95. The molecule has 1 aliphatic rings. The van der Waals surface area contributed by atoms with E-state index >= 15 is 0 Å². The van der Waals surface area contributed by atoms with Crippen molar-refractivity contribution < 1.29 is 8.78 Å². The van der Waals surface area contributed by atoms with Crippen LogP contribution in [-0.4, -0.2) is 24.0 Å². The molecule has 1 unspecified atom stereocenters. The van der Waals surface area contributed by atoms with E-state index in [2.05, 4.69) is 26.2 Å². The molecule has 19 heavy (non-hydrogen) atoms. The zero-order valence-electron chi connectivity index (χ0n) is 11.0. The van der Waals surface area contributed by atoms with Crippen molar-refractivity contribution in [1.82, 2.24) is 10.3 Å². The van der Waals surface area contributed by atoms with E-state index in [0.717, 1.165) is 16.6 Å². The SMILES string of the molecule is CNC(Cc1ccc(Br)cn1)C1CCC(F)(F)CC1. The molecule has 0 amide bonds. The minimum atomic E-state index is -2.45. The largest absolute Gasteiger partial charge is 0.316 e. The number of likely N-dealkylation sites (N-methyl/N-ethyl adjacent to an activating group) is 1. The van der Waals surface area contributed by atoms with E-state index < -0.39 is 5.92 Å². The maximum Gasteiger partial charge on any atom is 0.248 e. The van der Waals surface area contributed by atoms with Crippen molar-refractivity contribution in [3.63, 3.8) is 0 Å². The maximum absolute atomic E-state index is 13.2. The fourth-order valence-electron chi connectivity index (χ4n) is 2.72. The van der Waals surface area contributed by atoms with Crippen molar-refractivity contribution in [1.29, 1.82) is 0 Å². The molecule has 0 bridgehead atoms. The highest BCUT2D eigenvalue weighted by Gasteiger charge is 2.37. The van der Waals surface area contributed by atoms with Crippen LogP contribution in [-0.2, 0) is 6.42 Å². The number of nitrogens with one attached hydrogen (secondary N) is 1. The van der Waals surface area contributed by atoms with Crippen molar-refractivity contribution >= 4 is 15.9 Å². The number of hydrogen-bond acceptors (Lipinski definition) is 2. The fourth-order valence-corrected chi connectivity index (χ4v) is 2.96. The summed E-state index contributed by atoms with van der Waals surface area (Å²) in [5.41, 5.74) is 1.000. The summed E-state index contributed by atoms with van der Waals surface area (Å²) >= 11 is 3.36. The fraction of sp³-hybridized carbons (Fsp3) is 0.643. The van der Waals surface area contributed by atoms with E-state index in [-0.39, 0.29) is 18.9 Å². The van der Waals surface area contributed by atoms with Gasteiger partial charge < -0.3 is 5.32 Å². The van der Waals surface area contributed by atoms with Crippen LogP contribution in [0.3, 0.4) is 0 Å². The van der Waals surface area contributed by atoms with Crippen LogP contribution >= 0.6 is 15.9 Å². The Hall–Kier alpha value is -0.550. The average Bonchev–Trinajstić information content (AvgIpc) is 2.39. The molecule has 5 heteroatoms. The molecule has 1 fully saturated rings. The maximum atomic E-state index is 13.2. The zero-order chi connectivity index (χ0) is 13.9. The van der Waals surface area contributed by atoms with Crippen LogP contribution in [0.4, 0.5) is 8.78 Å². The van der Waals surface area contributed by atoms with E-state index in [4.69, 9.17) is 0 Å². The molecule has 0 spiro atoms. The van der Waals surface area contributed by atoms with E-state index in [1.807, 2.05) is 19.2 Å². The summed E-state index contributed by atoms with van der Waals surface area (Å²) in [6.45, 7) is 0. The summed E-state index contributed by atoms with van der Waals surface area (Å²) in [6, 6.07) is 4.17. The Bertz CT molecular complexity index is 398. The van der Waals surface area contributed by atoms with Crippen molar-refractivity contribution in [2.24, 2.45) is 5.92 Å². The minimum Gasteiger partial charge on any atom is -0.316 e. The number of alkyl halides is 2. The zero-order valence-corrected chi connectivity index (χ0v) is 12.6. The normalized spacial score (nSPS) is 21.3. The van der Waals surface area contributed by atoms with E-state index in [9.17, 15) is 8.78 Å². The van der Waals surface area contributed by atoms with Gasteiger partial charge in [0.05, 0.1) is 0 Å². The second-order valence-corrected chi connectivity index (χ2v) is 6.18. The first-order valence-electron chi connectivity index (χ1n) is 6.66. The third kappa shape index (κ3) is 4.21. The Labute approximate surface area is 121 Å². The third-order valence-corrected chi connectivity index (χ3v) is 4.39. The third-order valence-electron chi connectivity index (χ3n) is 3.92. The van der Waals surface area contributed by atoms with Crippen molar-refractivity contribution in [3.8, 4) is 0 Å². The molecule has 1 heterocycles. The number of halogens is 3. The molecule has 1 saturated carbocycles. The first kappa shape index (κ1) is 14.9. The standard InChI is InChI=1S/C14H19BrF2N2/c1-18-13(8-12-3-2-11(15)9-19-12)10-4-6-14(16,17)7-5-10/h2-3,9-10,13,18H,4-8H2,1H3. The Kier molecular flexibility index (Phi) is 4.90. The molecule has 1 atom stereocenters. The monoisotopic (exact) mass is 332 g/mol. The topological polar surface area (TPSA) is 24.9 Å². The van der Waals surface area contributed by atoms with Gasteiger partial charge in [0, 0.05) is 41.7 Å². The first-order chi connectivity index (χ1) is 9.00. The van der Waals surface area contributed by atoms with Crippen LogP contribution < -0.4 is 5.32 Å². The second-order valence-electron chi connectivity index (χ2n) is 5.26. The average molecular weight is 333 g/mol. The van der Waals surface area contributed by atoms with Gasteiger partial charge in [0.25, 0.3) is 0 Å². The van der Waals surface area contributed by atoms with Crippen LogP contribution in [0.5, 0.6) is 0 Å². The number of nitrogens with zero attached hydrogens (tertiary/aromatic N) is 1. The predicted octanol–water partition coefficient (Wildman–Crippen LogP) is 3.80. The molecule has 0 radical (unpaired) electrons. The Morgan fingerprint density at radius 2 is 2.11 bits per heavy atom. The van der Waals surface area contributed by atoms with E-state index in [1.165, 1.54) is 0 Å². The molecule has 1 aromatic heterocycles. The van der Waals surface area contributed by atoms with Crippen LogP contribution in [0.25, 0.3) is 0 Å². The number of aromatic nitrogens is 1. The molecule has 1 N–H and O–H groups in total. The first-order valence-corrected chi connectivity index (χ1v) is 7.45. The van der Waals surface area contributed by atoms with Gasteiger partial charge in [-0.15, -0.1) is 0 Å². The highest BCUT2D eigenvalue weighted by atomic mass is 79.9. The van der Waals surface area contributed by atoms with Gasteiger partial charge in [-0.05, 0) is 53.9 Å². The quantitative estimate of drug-likeness (QED) is 0.907. The Morgan fingerprint density at radius 1 is 1.42 bits per heavy atom. The van der Waals surface area contributed by atoms with Gasteiger partial charge in [-0.2, -0.15) is 0 Å². The summed E-state index contributed by atoms with van der Waals surface area (Å²) in [5.74, 6) is -2.14. The molecule has 2 rings (SSSR count). The van der Waals surface area contributed by atoms with Crippen LogP contribution in [0.15, 0.2) is 22.8 Å². The van der Waals surface area contributed by atoms with Gasteiger partial charge >= 0.3 is 0 Å². The lowest BCUT2D eigenvalue weighted by Crippen LogP contribution is -2.39. The highest BCUT2D eigenvalue weighted by molar-refractivity contribution is 9.10. The summed E-state index contributed by atoms with van der Waals surface area (Å²) in [5, 5.41) is 3.27. The highest BCUT2D eigenvalue weighted by Crippen LogP contribution is 2.37. The molecular formula is C14H19BrF2N2. The Morgan fingerprint density at radius 3 is 2.63 bits per heavy atom. The molecule has 1 aromatic rings. The van der Waals surface area contributed by atoms with Crippen LogP contribution in [0.2, 0.25) is 0 Å². The second kappa shape index (κ2) is 6.27. The van der Waals surface area contributed by atoms with Gasteiger partial charge in [-0.25, -0.2) is 8.78 Å². The predicted molar refractivity (Wildman–Crippen MR) is 75.4 cm³/mol. The summed E-state index contributed by atoms with van der Waals surface area (Å²) < 4.78 is 27.3. The van der Waals surface area contributed by atoms with Crippen molar-refractivity contribution in [2.75, 3.05) is 7.05 Å². The molecule has 2 nitrogen and oxygen atoms in total. The molecule has 0 aliphatic heterocycles. The van der Waals surface area contributed by atoms with Gasteiger partial charge in [0.15, 0.2) is 0 Å². The van der Waals surface area contributed by atoms with Crippen molar-refractivity contribution in [3.05, 3.63) is 28.5 Å². The van der Waals surface area contributed by atoms with Gasteiger partial charge in [-0.1, -0.05) is 0 Å². The summed E-state index contributed by atoms with van der Waals surface area (Å²) in [4.78, 5) is 4.35. The van der Waals surface area contributed by atoms with E-state index in [1.54, 1.807) is 6.20 Å². The molecule has 0 saturated heterocycles. The number of pyridine rings is 1. The lowest BCUT2D eigenvalue weighted by molar-refractivity contribution is -0.0493. The number of rotatable bonds is 4. The molecule has 106 valence electrons. The lowest BCUT2D eigenvalue weighted by Gasteiger charge is -2.33. The van der Waals surface area contributed by atoms with Gasteiger partial charge in [-0.3, -0.25) is 4.98 Å². The van der Waals surface area contributed by atoms with Crippen LogP contribution in [0.1, 0.15) is 31.4 Å². The van der Waals surface area contributed by atoms with Gasteiger partial charge in [0.1, 0.15) is 0 Å². The molecule has 0 aromatic carbocycles. The summed E-state index contributed by atoms with van der Waals surface area (Å²) in [7, 11) is 1.90. The van der Waals surface area contributed by atoms with Crippen molar-refractivity contribution in [2.45, 2.75) is 44.1 Å². The summed E-state index contributed by atoms with van der Waals surface area (Å²) in [6.07, 6.45) is 3.79.